The minimum absolute atomic E-state index is 0.111. The molecule has 4 aliphatic heterocycles. The average molecular weight is 915 g/mol. The molecule has 0 amide bonds. The van der Waals surface area contributed by atoms with Crippen LogP contribution in [0.4, 0.5) is 0 Å². The molecule has 2 saturated heterocycles. The van der Waals surface area contributed by atoms with Crippen LogP contribution in [0.3, 0.4) is 0 Å². The summed E-state index contributed by atoms with van der Waals surface area (Å²) in [6, 6.07) is 1.53. The number of benzene rings is 1. The molecule has 0 aromatic heterocycles. The molecule has 4 heterocycles. The molecule has 0 bridgehead atoms. The van der Waals surface area contributed by atoms with Crippen LogP contribution in [-0.4, -0.2) is 186 Å². The van der Waals surface area contributed by atoms with E-state index in [4.69, 9.17) is 37.9 Å². The van der Waals surface area contributed by atoms with Crippen molar-refractivity contribution in [2.45, 2.75) is 99.7 Å². The normalized spacial score (nSPS) is 39.2. The van der Waals surface area contributed by atoms with Gasteiger partial charge in [0.1, 0.15) is 71.5 Å². The van der Waals surface area contributed by atoms with E-state index in [2.05, 4.69) is 0 Å². The number of fused-ring (bicyclic) bond motifs is 2. The van der Waals surface area contributed by atoms with E-state index >= 15 is 0 Å². The van der Waals surface area contributed by atoms with Crippen LogP contribution in [-0.2, 0) is 47.5 Å². The number of rotatable bonds is 14. The molecule has 12 N–H and O–H groups in total. The first kappa shape index (κ1) is 47.3. The molecule has 0 radical (unpaired) electrons. The third-order valence-corrected chi connectivity index (χ3v) is 12.9. The number of esters is 2. The first-order valence-corrected chi connectivity index (χ1v) is 20.4. The lowest BCUT2D eigenvalue weighted by Crippen LogP contribution is -2.60. The van der Waals surface area contributed by atoms with Gasteiger partial charge in [-0.15, -0.1) is 0 Å². The number of carbonyl (C=O) groups is 4. The molecule has 7 rings (SSSR count). The molecule has 2 aliphatic carbocycles. The molecular weight excluding hydrogens is 864 g/mol. The Hall–Kier alpha value is -4.70. The highest BCUT2D eigenvalue weighted by molar-refractivity contribution is 5.98. The lowest BCUT2D eigenvalue weighted by Gasteiger charge is -2.43. The van der Waals surface area contributed by atoms with E-state index in [-0.39, 0.29) is 36.8 Å². The van der Waals surface area contributed by atoms with E-state index in [1.54, 1.807) is 0 Å². The first-order valence-electron chi connectivity index (χ1n) is 20.4. The van der Waals surface area contributed by atoms with Gasteiger partial charge in [0.25, 0.3) is 0 Å². The molecule has 18 atom stereocenters. The summed E-state index contributed by atoms with van der Waals surface area (Å²) in [6.45, 7) is -2.28. The maximum Gasteiger partial charge on any atom is 0.342 e. The Bertz CT molecular complexity index is 1830. The van der Waals surface area contributed by atoms with Gasteiger partial charge in [-0.1, -0.05) is 0 Å². The number of aliphatic hydroxyl groups is 8. The van der Waals surface area contributed by atoms with Gasteiger partial charge in [0.2, 0.25) is 12.6 Å². The van der Waals surface area contributed by atoms with Crippen molar-refractivity contribution < 1.29 is 118 Å². The highest BCUT2D eigenvalue weighted by Gasteiger charge is 2.54. The smallest absolute Gasteiger partial charge is 0.342 e. The van der Waals surface area contributed by atoms with Crippen LogP contribution in [0, 0.1) is 35.5 Å². The Morgan fingerprint density at radius 2 is 0.922 bits per heavy atom. The predicted molar refractivity (Wildman–Crippen MR) is 201 cm³/mol. The first-order chi connectivity index (χ1) is 30.4. The molecule has 2 saturated carbocycles. The second-order valence-electron chi connectivity index (χ2n) is 16.6. The lowest BCUT2D eigenvalue weighted by atomic mass is 9.83. The zero-order valence-corrected chi connectivity index (χ0v) is 33.6. The fraction of sp³-hybridized carbons (Fsp3) is 0.650. The number of aromatic hydroxyl groups is 2. The quantitative estimate of drug-likeness (QED) is 0.0653. The number of carboxylic acid groups (broad SMARTS) is 2. The van der Waals surface area contributed by atoms with Gasteiger partial charge in [-0.05, 0) is 37.8 Å². The highest BCUT2D eigenvalue weighted by atomic mass is 16.8. The SMILES string of the molecule is O=C(O)C1=CO[C@@H](O[C@@H]2O[C@H](CO)[C@@H](O)[C@H](O)[C@H]2O)[C@H]2[C@@H](COC(=O)c3cc(O)c(C(=O)OC[C@H]4CC[C@H]5C(C(=O)O)=CO[C@@H](O[C@@H]6O[C@H](CO)[C@@H](O)[C@H](O)[C@H]6O)[C@@H]45)cc3O)CC[C@@H]12. The molecule has 4 fully saturated rings. The van der Waals surface area contributed by atoms with Crippen molar-refractivity contribution in [3.8, 4) is 11.5 Å². The zero-order chi connectivity index (χ0) is 46.3. The van der Waals surface area contributed by atoms with E-state index in [1.807, 2.05) is 0 Å². The van der Waals surface area contributed by atoms with Gasteiger partial charge < -0.3 is 99.2 Å². The molecular formula is C40H50O24. The Morgan fingerprint density at radius 1 is 0.547 bits per heavy atom. The van der Waals surface area contributed by atoms with Crippen LogP contribution in [0.1, 0.15) is 46.4 Å². The molecule has 6 aliphatic rings. The Labute approximate surface area is 362 Å². The Kier molecular flexibility index (Phi) is 14.3. The topological polar surface area (TPSA) is 385 Å². The van der Waals surface area contributed by atoms with Crippen molar-refractivity contribution in [1.82, 2.24) is 0 Å². The number of ether oxygens (including phenoxy) is 8. The van der Waals surface area contributed by atoms with Crippen LogP contribution >= 0.6 is 0 Å². The molecule has 1 aromatic rings. The van der Waals surface area contributed by atoms with Crippen LogP contribution in [0.25, 0.3) is 0 Å². The predicted octanol–water partition coefficient (Wildman–Crippen LogP) is -3.02. The number of hydrogen-bond acceptors (Lipinski definition) is 22. The van der Waals surface area contributed by atoms with Gasteiger partial charge in [0, 0.05) is 35.5 Å². The van der Waals surface area contributed by atoms with E-state index in [0.717, 1.165) is 24.7 Å². The van der Waals surface area contributed by atoms with Crippen molar-refractivity contribution in [2.75, 3.05) is 26.4 Å². The summed E-state index contributed by atoms with van der Waals surface area (Å²) in [5.41, 5.74) is -1.35. The highest BCUT2D eigenvalue weighted by Crippen LogP contribution is 2.49. The summed E-state index contributed by atoms with van der Waals surface area (Å²) in [6.07, 6.45) is -16.0. The zero-order valence-electron chi connectivity index (χ0n) is 33.6. The van der Waals surface area contributed by atoms with Crippen LogP contribution in [0.2, 0.25) is 0 Å². The molecule has 0 unspecified atom stereocenters. The van der Waals surface area contributed by atoms with E-state index in [9.17, 15) is 80.5 Å². The fourth-order valence-corrected chi connectivity index (χ4v) is 9.50. The number of phenols is 2. The third-order valence-electron chi connectivity index (χ3n) is 12.9. The molecule has 64 heavy (non-hydrogen) atoms. The van der Waals surface area contributed by atoms with Crippen LogP contribution in [0.5, 0.6) is 11.5 Å². The van der Waals surface area contributed by atoms with E-state index < -0.39 is 182 Å². The summed E-state index contributed by atoms with van der Waals surface area (Å²) in [5.74, 6) is -10.9. The van der Waals surface area contributed by atoms with Crippen molar-refractivity contribution in [2.24, 2.45) is 35.5 Å². The second-order valence-corrected chi connectivity index (χ2v) is 16.6. The van der Waals surface area contributed by atoms with Crippen LogP contribution < -0.4 is 0 Å². The molecule has 24 heteroatoms. The van der Waals surface area contributed by atoms with E-state index in [0.29, 0.717) is 0 Å². The van der Waals surface area contributed by atoms with Crippen molar-refractivity contribution in [1.29, 1.82) is 0 Å². The summed E-state index contributed by atoms with van der Waals surface area (Å²) >= 11 is 0. The van der Waals surface area contributed by atoms with Crippen molar-refractivity contribution >= 4 is 23.9 Å². The summed E-state index contributed by atoms with van der Waals surface area (Å²) in [4.78, 5) is 50.7. The molecule has 1 aromatic carbocycles. The molecule has 24 nitrogen and oxygen atoms in total. The number of carbonyl (C=O) groups excluding carboxylic acids is 2. The minimum Gasteiger partial charge on any atom is -0.507 e. The van der Waals surface area contributed by atoms with Crippen molar-refractivity contribution in [3.63, 3.8) is 0 Å². The van der Waals surface area contributed by atoms with Gasteiger partial charge in [-0.25, -0.2) is 19.2 Å². The second kappa shape index (κ2) is 19.4. The van der Waals surface area contributed by atoms with Gasteiger partial charge in [0.15, 0.2) is 12.6 Å². The number of aliphatic hydroxyl groups excluding tert-OH is 8. The summed E-state index contributed by atoms with van der Waals surface area (Å²) in [7, 11) is 0. The minimum atomic E-state index is -1.80. The average Bonchev–Trinajstić information content (AvgIpc) is 3.91. The Balaban J connectivity index is 0.994. The van der Waals surface area contributed by atoms with Gasteiger partial charge >= 0.3 is 23.9 Å². The van der Waals surface area contributed by atoms with E-state index in [1.165, 1.54) is 0 Å². The van der Waals surface area contributed by atoms with Crippen LogP contribution in [0.15, 0.2) is 35.8 Å². The number of aliphatic carboxylic acids is 2. The lowest BCUT2D eigenvalue weighted by molar-refractivity contribution is -0.343. The standard InChI is InChI=1S/C40H50O24/c41-7-23-27(45)29(47)31(49)39(61-23)63-37-25-13(1-3-15(25)19(11-59-37)33(51)52)9-57-35(55)17-5-22(44)18(6-21(17)43)36(56)58-10-14-2-4-16-20(34(53)54)12-60-38(26(14)16)64-40-32(50)30(48)28(46)24(8-42)62-40/h5-6,11-16,23-32,37-50H,1-4,7-10H2,(H,51,52)(H,53,54)/t13-,14-,15+,16+,23-,24-,25+,26+,27-,28-,29+,30+,31-,32-,37+,38+,39+,40+/m1/s1. The third kappa shape index (κ3) is 9.10. The van der Waals surface area contributed by atoms with Crippen molar-refractivity contribution in [3.05, 3.63) is 46.9 Å². The number of hydrogen-bond donors (Lipinski definition) is 12. The maximum absolute atomic E-state index is 13.3. The number of carboxylic acids is 2. The largest absolute Gasteiger partial charge is 0.507 e. The van der Waals surface area contributed by atoms with Gasteiger partial charge in [-0.2, -0.15) is 0 Å². The van der Waals surface area contributed by atoms with Gasteiger partial charge in [-0.3, -0.25) is 0 Å². The summed E-state index contributed by atoms with van der Waals surface area (Å²) in [5, 5.41) is 122. The fourth-order valence-electron chi connectivity index (χ4n) is 9.50. The monoisotopic (exact) mass is 914 g/mol. The summed E-state index contributed by atoms with van der Waals surface area (Å²) < 4.78 is 44.7. The Morgan fingerprint density at radius 3 is 1.27 bits per heavy atom. The van der Waals surface area contributed by atoms with Gasteiger partial charge in [0.05, 0.1) is 50.1 Å². The maximum atomic E-state index is 13.3. The molecule has 354 valence electrons. The molecule has 0 spiro atoms. The number of phenolic OH excluding ortho intramolecular Hbond substituents is 2.